The summed E-state index contributed by atoms with van der Waals surface area (Å²) in [4.78, 5) is 31.0. The second-order valence-corrected chi connectivity index (χ2v) is 6.38. The molecule has 0 bridgehead atoms. The van der Waals surface area contributed by atoms with Gasteiger partial charge in [-0.1, -0.05) is 18.2 Å². The van der Waals surface area contributed by atoms with Crippen LogP contribution < -0.4 is 0 Å². The smallest absolute Gasteiger partial charge is 0.389 e. The van der Waals surface area contributed by atoms with Crippen molar-refractivity contribution in [1.29, 1.82) is 0 Å². The molecule has 0 spiro atoms. The second kappa shape index (κ2) is 9.11. The number of carbonyl (C=O) groups excluding carboxylic acids is 1. The van der Waals surface area contributed by atoms with Crippen LogP contribution >= 0.6 is 7.60 Å². The monoisotopic (exact) mass is 358 g/mol. The van der Waals surface area contributed by atoms with Crippen LogP contribution in [0.25, 0.3) is 6.08 Å². The summed E-state index contributed by atoms with van der Waals surface area (Å²) in [6.45, 7) is 5.30. The van der Waals surface area contributed by atoms with Crippen LogP contribution in [0.2, 0.25) is 0 Å². The van der Waals surface area contributed by atoms with Crippen LogP contribution in [0.4, 0.5) is 0 Å². The zero-order valence-corrected chi connectivity index (χ0v) is 14.9. The molecule has 0 aromatic heterocycles. The zero-order chi connectivity index (χ0) is 18.2. The van der Waals surface area contributed by atoms with Gasteiger partial charge in [0.25, 0.3) is 5.53 Å². The first-order valence-electron chi connectivity index (χ1n) is 7.59. The molecule has 0 atom stereocenters. The quantitative estimate of drug-likeness (QED) is 0.303. The molecular formula is C16H23O7P. The highest BCUT2D eigenvalue weighted by Crippen LogP contribution is 2.58. The summed E-state index contributed by atoms with van der Waals surface area (Å²) in [7, 11) is -4.79. The molecule has 1 rings (SSSR count). The van der Waals surface area contributed by atoms with E-state index in [0.717, 1.165) is 0 Å². The number of hydrogen-bond acceptors (Lipinski definition) is 5. The Bertz CT molecular complexity index is 615. The summed E-state index contributed by atoms with van der Waals surface area (Å²) in [5, 5.41) is 0. The summed E-state index contributed by atoms with van der Waals surface area (Å²) in [6.07, 6.45) is 2.73. The molecular weight excluding hydrogens is 335 g/mol. The number of hydrogen-bond donors (Lipinski definition) is 2. The molecule has 0 fully saturated rings. The Balaban J connectivity index is 3.28. The van der Waals surface area contributed by atoms with Gasteiger partial charge >= 0.3 is 13.6 Å². The third kappa shape index (κ3) is 5.00. The van der Waals surface area contributed by atoms with E-state index < -0.39 is 19.1 Å². The SMILES string of the molecule is CCOC(=O)/C=C/c1cccc(C(OCC)(OCC)P(=O)(O)O)c1. The van der Waals surface area contributed by atoms with Crippen molar-refractivity contribution < 1.29 is 33.4 Å². The number of carbonyl (C=O) groups is 1. The topological polar surface area (TPSA) is 102 Å². The minimum Gasteiger partial charge on any atom is -0.463 e. The summed E-state index contributed by atoms with van der Waals surface area (Å²) in [6, 6.07) is 6.29. The van der Waals surface area contributed by atoms with Crippen molar-refractivity contribution in [1.82, 2.24) is 0 Å². The highest BCUT2D eigenvalue weighted by atomic mass is 31.2. The molecule has 0 aliphatic carbocycles. The van der Waals surface area contributed by atoms with E-state index in [9.17, 15) is 19.1 Å². The lowest BCUT2D eigenvalue weighted by molar-refractivity contribution is -0.192. The molecule has 0 amide bonds. The lowest BCUT2D eigenvalue weighted by Crippen LogP contribution is -2.33. The molecule has 24 heavy (non-hydrogen) atoms. The van der Waals surface area contributed by atoms with E-state index in [0.29, 0.717) is 5.56 Å². The molecule has 0 aliphatic heterocycles. The van der Waals surface area contributed by atoms with Crippen LogP contribution in [-0.2, 0) is 29.1 Å². The molecule has 0 unspecified atom stereocenters. The highest BCUT2D eigenvalue weighted by molar-refractivity contribution is 7.52. The standard InChI is InChI=1S/C16H23O7P/c1-4-21-15(17)11-10-13-8-7-9-14(12-13)16(22-5-2,23-6-3)24(18,19)20/h7-12H,4-6H2,1-3H3,(H2,18,19,20)/b11-10+. The Morgan fingerprint density at radius 2 is 1.79 bits per heavy atom. The summed E-state index contributed by atoms with van der Waals surface area (Å²) in [5.41, 5.74) is -1.45. The molecule has 0 saturated heterocycles. The van der Waals surface area contributed by atoms with Gasteiger partial charge in [0, 0.05) is 24.9 Å². The van der Waals surface area contributed by atoms with E-state index in [1.165, 1.54) is 24.3 Å². The van der Waals surface area contributed by atoms with Gasteiger partial charge in [-0.15, -0.1) is 0 Å². The second-order valence-electron chi connectivity index (χ2n) is 4.70. The van der Waals surface area contributed by atoms with Gasteiger partial charge in [0.1, 0.15) is 0 Å². The number of rotatable bonds is 9. The zero-order valence-electron chi connectivity index (χ0n) is 14.0. The average molecular weight is 358 g/mol. The maximum Gasteiger partial charge on any atom is 0.389 e. The van der Waals surface area contributed by atoms with E-state index in [-0.39, 0.29) is 25.4 Å². The normalized spacial score (nSPS) is 12.5. The van der Waals surface area contributed by atoms with E-state index in [1.807, 2.05) is 0 Å². The van der Waals surface area contributed by atoms with Crippen molar-refractivity contribution >= 4 is 19.6 Å². The number of benzene rings is 1. The Morgan fingerprint density at radius 3 is 2.29 bits per heavy atom. The number of ether oxygens (including phenoxy) is 3. The first-order valence-corrected chi connectivity index (χ1v) is 9.20. The van der Waals surface area contributed by atoms with Gasteiger partial charge in [-0.2, -0.15) is 0 Å². The van der Waals surface area contributed by atoms with Crippen LogP contribution in [0, 0.1) is 0 Å². The summed E-state index contributed by atoms with van der Waals surface area (Å²) < 4.78 is 27.5. The fourth-order valence-corrected chi connectivity index (χ4v) is 3.20. The van der Waals surface area contributed by atoms with E-state index in [4.69, 9.17) is 14.2 Å². The molecule has 0 radical (unpaired) electrons. The van der Waals surface area contributed by atoms with Crippen molar-refractivity contribution in [2.45, 2.75) is 26.3 Å². The van der Waals surface area contributed by atoms with Crippen LogP contribution in [0.1, 0.15) is 31.9 Å². The molecule has 0 aliphatic rings. The molecule has 7 nitrogen and oxygen atoms in total. The largest absolute Gasteiger partial charge is 0.463 e. The molecule has 8 heteroatoms. The molecule has 1 aromatic carbocycles. The van der Waals surface area contributed by atoms with Crippen molar-refractivity contribution in [3.05, 3.63) is 41.5 Å². The molecule has 0 heterocycles. The molecule has 2 N–H and O–H groups in total. The fourth-order valence-electron chi connectivity index (χ4n) is 2.13. The van der Waals surface area contributed by atoms with E-state index in [2.05, 4.69) is 0 Å². The highest BCUT2D eigenvalue weighted by Gasteiger charge is 2.51. The molecule has 0 saturated carbocycles. The van der Waals surface area contributed by atoms with Crippen LogP contribution in [0.15, 0.2) is 30.3 Å². The number of esters is 1. The van der Waals surface area contributed by atoms with Gasteiger partial charge < -0.3 is 24.0 Å². The minimum atomic E-state index is -4.79. The summed E-state index contributed by atoms with van der Waals surface area (Å²) >= 11 is 0. The van der Waals surface area contributed by atoms with Crippen LogP contribution in [0.3, 0.4) is 0 Å². The maximum atomic E-state index is 12.0. The predicted octanol–water partition coefficient (Wildman–Crippen LogP) is 2.62. The van der Waals surface area contributed by atoms with E-state index >= 15 is 0 Å². The molecule has 134 valence electrons. The van der Waals surface area contributed by atoms with Gasteiger partial charge in [0.2, 0.25) is 0 Å². The Morgan fingerprint density at radius 1 is 1.17 bits per heavy atom. The Labute approximate surface area is 141 Å². The van der Waals surface area contributed by atoms with Gasteiger partial charge in [0.15, 0.2) is 0 Å². The lowest BCUT2D eigenvalue weighted by atomic mass is 10.1. The molecule has 1 aromatic rings. The summed E-state index contributed by atoms with van der Waals surface area (Å²) in [5.74, 6) is -0.501. The maximum absolute atomic E-state index is 12.0. The van der Waals surface area contributed by atoms with Crippen molar-refractivity contribution in [2.24, 2.45) is 0 Å². The van der Waals surface area contributed by atoms with Gasteiger partial charge in [-0.25, -0.2) is 4.79 Å². The van der Waals surface area contributed by atoms with Crippen molar-refractivity contribution in [2.75, 3.05) is 19.8 Å². The first kappa shape index (κ1) is 20.5. The van der Waals surface area contributed by atoms with Crippen molar-refractivity contribution in [3.8, 4) is 0 Å². The third-order valence-corrected chi connectivity index (χ3v) is 4.30. The van der Waals surface area contributed by atoms with Crippen LogP contribution in [-0.4, -0.2) is 35.6 Å². The van der Waals surface area contributed by atoms with Gasteiger partial charge in [0.05, 0.1) is 6.61 Å². The van der Waals surface area contributed by atoms with Crippen molar-refractivity contribution in [3.63, 3.8) is 0 Å². The third-order valence-electron chi connectivity index (χ3n) is 3.01. The predicted molar refractivity (Wildman–Crippen MR) is 89.1 cm³/mol. The Kier molecular flexibility index (Phi) is 7.79. The van der Waals surface area contributed by atoms with E-state index in [1.54, 1.807) is 32.9 Å². The van der Waals surface area contributed by atoms with Crippen LogP contribution in [0.5, 0.6) is 0 Å². The van der Waals surface area contributed by atoms with Gasteiger partial charge in [-0.3, -0.25) is 4.57 Å². The fraction of sp³-hybridized carbons (Fsp3) is 0.438. The lowest BCUT2D eigenvalue weighted by Gasteiger charge is -2.33. The first-order chi connectivity index (χ1) is 11.3. The average Bonchev–Trinajstić information content (AvgIpc) is 2.52. The Hall–Kier alpha value is -1.50. The minimum absolute atomic E-state index is 0.0496. The van der Waals surface area contributed by atoms with Gasteiger partial charge in [-0.05, 0) is 38.5 Å².